The van der Waals surface area contributed by atoms with Crippen LogP contribution in [0.1, 0.15) is 6.92 Å². The molecule has 0 aliphatic rings. The molecule has 0 aromatic rings. The van der Waals surface area contributed by atoms with Gasteiger partial charge in [0, 0.05) is 12.1 Å². The van der Waals surface area contributed by atoms with Crippen molar-refractivity contribution in [2.75, 3.05) is 25.3 Å². The quantitative estimate of drug-likeness (QED) is 0.368. The van der Waals surface area contributed by atoms with Gasteiger partial charge >= 0.3 is 0 Å². The van der Waals surface area contributed by atoms with Crippen LogP contribution in [0.4, 0.5) is 0 Å². The van der Waals surface area contributed by atoms with Crippen LogP contribution in [-0.4, -0.2) is 33.6 Å². The lowest BCUT2D eigenvalue weighted by Crippen LogP contribution is -2.34. The molecular weight excluding hydrogens is 180 g/mol. The summed E-state index contributed by atoms with van der Waals surface area (Å²) < 4.78 is 10.7. The van der Waals surface area contributed by atoms with E-state index in [0.717, 1.165) is 6.61 Å². The standard InChI is InChI=1S/C7H17ClO2Si/c1-4-9-5-6-10-11(2,3)7-8/h4-7H2,1-3H3. The van der Waals surface area contributed by atoms with Crippen molar-refractivity contribution >= 4 is 19.9 Å². The Bertz CT molecular complexity index is 98.4. The molecule has 0 bridgehead atoms. The molecule has 0 saturated carbocycles. The normalized spacial score (nSPS) is 12.0. The average Bonchev–Trinajstić information content (AvgIpc) is 1.99. The van der Waals surface area contributed by atoms with Crippen LogP contribution in [0.15, 0.2) is 0 Å². The van der Waals surface area contributed by atoms with Gasteiger partial charge in [-0.25, -0.2) is 0 Å². The molecule has 0 spiro atoms. The lowest BCUT2D eigenvalue weighted by atomic mass is 10.8. The molecule has 2 nitrogen and oxygen atoms in total. The summed E-state index contributed by atoms with van der Waals surface area (Å²) in [6.45, 7) is 8.30. The topological polar surface area (TPSA) is 18.5 Å². The molecule has 0 rings (SSSR count). The van der Waals surface area contributed by atoms with E-state index in [0.29, 0.717) is 18.7 Å². The first-order valence-corrected chi connectivity index (χ1v) is 7.55. The molecule has 0 atom stereocenters. The molecule has 0 aromatic heterocycles. The molecule has 0 N–H and O–H groups in total. The zero-order chi connectivity index (χ0) is 8.74. The third-order valence-corrected chi connectivity index (χ3v) is 4.81. The Morgan fingerprint density at radius 1 is 1.27 bits per heavy atom. The van der Waals surface area contributed by atoms with Gasteiger partial charge in [0.2, 0.25) is 8.32 Å². The summed E-state index contributed by atoms with van der Waals surface area (Å²) in [6, 6.07) is 0. The highest BCUT2D eigenvalue weighted by atomic mass is 35.5. The van der Waals surface area contributed by atoms with Crippen molar-refractivity contribution in [1.82, 2.24) is 0 Å². The predicted molar refractivity (Wildman–Crippen MR) is 50.6 cm³/mol. The van der Waals surface area contributed by atoms with Crippen LogP contribution < -0.4 is 0 Å². The summed E-state index contributed by atoms with van der Waals surface area (Å²) in [5.74, 6) is 0. The van der Waals surface area contributed by atoms with E-state index in [9.17, 15) is 0 Å². The fourth-order valence-electron chi connectivity index (χ4n) is 0.560. The molecule has 4 heteroatoms. The number of halogens is 1. The largest absolute Gasteiger partial charge is 0.414 e. The highest BCUT2D eigenvalue weighted by Crippen LogP contribution is 2.05. The van der Waals surface area contributed by atoms with Crippen molar-refractivity contribution < 1.29 is 9.16 Å². The fraction of sp³-hybridized carbons (Fsp3) is 1.00. The van der Waals surface area contributed by atoms with Crippen molar-refractivity contribution in [1.29, 1.82) is 0 Å². The van der Waals surface area contributed by atoms with Gasteiger partial charge in [0.15, 0.2) is 0 Å². The third-order valence-electron chi connectivity index (χ3n) is 1.25. The monoisotopic (exact) mass is 196 g/mol. The Morgan fingerprint density at radius 3 is 2.36 bits per heavy atom. The maximum Gasteiger partial charge on any atom is 0.201 e. The van der Waals surface area contributed by atoms with E-state index in [1.807, 2.05) is 6.92 Å². The lowest BCUT2D eigenvalue weighted by molar-refractivity contribution is 0.107. The highest BCUT2D eigenvalue weighted by Gasteiger charge is 2.20. The number of alkyl halides is 1. The van der Waals surface area contributed by atoms with Crippen molar-refractivity contribution in [3.63, 3.8) is 0 Å². The molecule has 68 valence electrons. The van der Waals surface area contributed by atoms with Crippen LogP contribution in [0, 0.1) is 0 Å². The van der Waals surface area contributed by atoms with E-state index in [-0.39, 0.29) is 0 Å². The maximum absolute atomic E-state index is 5.70. The van der Waals surface area contributed by atoms with Crippen molar-refractivity contribution in [2.45, 2.75) is 20.0 Å². The molecule has 0 heterocycles. The van der Waals surface area contributed by atoms with E-state index in [2.05, 4.69) is 13.1 Å². The summed E-state index contributed by atoms with van der Waals surface area (Å²) >= 11 is 5.70. The minimum absolute atomic E-state index is 0.652. The minimum Gasteiger partial charge on any atom is -0.414 e. The summed E-state index contributed by atoms with van der Waals surface area (Å²) in [6.07, 6.45) is 0. The molecular formula is C7H17ClO2Si. The second-order valence-electron chi connectivity index (χ2n) is 2.94. The van der Waals surface area contributed by atoms with Gasteiger partial charge in [0.05, 0.1) is 13.2 Å². The number of hydrogen-bond acceptors (Lipinski definition) is 2. The molecule has 11 heavy (non-hydrogen) atoms. The first kappa shape index (κ1) is 11.4. The highest BCUT2D eigenvalue weighted by molar-refractivity contribution is 6.77. The Labute approximate surface area is 75.0 Å². The molecule has 0 aliphatic carbocycles. The predicted octanol–water partition coefficient (Wildman–Crippen LogP) is 2.02. The minimum atomic E-state index is -1.54. The van der Waals surface area contributed by atoms with E-state index >= 15 is 0 Å². The first-order valence-electron chi connectivity index (χ1n) is 3.90. The average molecular weight is 197 g/mol. The van der Waals surface area contributed by atoms with Gasteiger partial charge in [-0.15, -0.1) is 11.6 Å². The molecule has 0 fully saturated rings. The molecule has 0 aromatic carbocycles. The Balaban J connectivity index is 3.23. The lowest BCUT2D eigenvalue weighted by Gasteiger charge is -2.19. The van der Waals surface area contributed by atoms with E-state index in [1.165, 1.54) is 0 Å². The molecule has 0 saturated heterocycles. The first-order chi connectivity index (χ1) is 5.12. The summed E-state index contributed by atoms with van der Waals surface area (Å²) in [7, 11) is -1.54. The SMILES string of the molecule is CCOCCO[Si](C)(C)CCl. The smallest absolute Gasteiger partial charge is 0.201 e. The molecule has 0 amide bonds. The van der Waals surface area contributed by atoms with Crippen LogP contribution in [0.25, 0.3) is 0 Å². The fourth-order valence-corrected chi connectivity index (χ4v) is 1.50. The van der Waals surface area contributed by atoms with E-state index in [1.54, 1.807) is 0 Å². The second-order valence-corrected chi connectivity index (χ2v) is 7.82. The molecule has 0 aliphatic heterocycles. The van der Waals surface area contributed by atoms with Gasteiger partial charge in [-0.1, -0.05) is 0 Å². The molecule has 0 radical (unpaired) electrons. The summed E-state index contributed by atoms with van der Waals surface area (Å²) in [4.78, 5) is 0. The Kier molecular flexibility index (Phi) is 6.23. The summed E-state index contributed by atoms with van der Waals surface area (Å²) in [5, 5.41) is 0. The number of ether oxygens (including phenoxy) is 1. The number of rotatable bonds is 6. The second kappa shape index (κ2) is 6.00. The van der Waals surface area contributed by atoms with Crippen LogP contribution >= 0.6 is 11.6 Å². The van der Waals surface area contributed by atoms with Gasteiger partial charge in [-0.2, -0.15) is 0 Å². The van der Waals surface area contributed by atoms with Crippen molar-refractivity contribution in [2.24, 2.45) is 0 Å². The van der Waals surface area contributed by atoms with Crippen LogP contribution in [0.2, 0.25) is 13.1 Å². The van der Waals surface area contributed by atoms with Gasteiger partial charge in [-0.05, 0) is 20.0 Å². The van der Waals surface area contributed by atoms with Crippen LogP contribution in [-0.2, 0) is 9.16 Å². The Morgan fingerprint density at radius 2 is 1.91 bits per heavy atom. The molecule has 0 unspecified atom stereocenters. The summed E-state index contributed by atoms with van der Waals surface area (Å²) in [5.41, 5.74) is 0.652. The Hall–Kier alpha value is 0.427. The zero-order valence-corrected chi connectivity index (χ0v) is 9.28. The van der Waals surface area contributed by atoms with Crippen molar-refractivity contribution in [3.05, 3.63) is 0 Å². The van der Waals surface area contributed by atoms with Crippen LogP contribution in [0.5, 0.6) is 0 Å². The van der Waals surface area contributed by atoms with Gasteiger partial charge < -0.3 is 9.16 Å². The van der Waals surface area contributed by atoms with Crippen molar-refractivity contribution in [3.8, 4) is 0 Å². The van der Waals surface area contributed by atoms with Gasteiger partial charge in [-0.3, -0.25) is 0 Å². The third kappa shape index (κ3) is 6.81. The van der Waals surface area contributed by atoms with Crippen LogP contribution in [0.3, 0.4) is 0 Å². The maximum atomic E-state index is 5.70. The van der Waals surface area contributed by atoms with E-state index in [4.69, 9.17) is 20.8 Å². The number of hydrogen-bond donors (Lipinski definition) is 0. The van der Waals surface area contributed by atoms with Gasteiger partial charge in [0.1, 0.15) is 0 Å². The van der Waals surface area contributed by atoms with Gasteiger partial charge in [0.25, 0.3) is 0 Å². The zero-order valence-electron chi connectivity index (χ0n) is 7.52. The van der Waals surface area contributed by atoms with E-state index < -0.39 is 8.32 Å².